The molecule has 0 aliphatic carbocycles. The molecule has 1 aromatic carbocycles. The van der Waals surface area contributed by atoms with E-state index in [0.717, 1.165) is 12.1 Å². The van der Waals surface area contributed by atoms with E-state index in [4.69, 9.17) is 10.5 Å². The van der Waals surface area contributed by atoms with Gasteiger partial charge in [0, 0.05) is 24.8 Å². The minimum Gasteiger partial charge on any atom is -0.375 e. The van der Waals surface area contributed by atoms with E-state index in [0.29, 0.717) is 13.2 Å². The Morgan fingerprint density at radius 1 is 1.50 bits per heavy atom. The van der Waals surface area contributed by atoms with E-state index >= 15 is 0 Å². The van der Waals surface area contributed by atoms with E-state index in [1.54, 1.807) is 0 Å². The van der Waals surface area contributed by atoms with E-state index in [1.165, 1.54) is 10.9 Å². The van der Waals surface area contributed by atoms with Gasteiger partial charge in [0.25, 0.3) is 0 Å². The molecule has 2 aromatic rings. The first-order chi connectivity index (χ1) is 9.66. The van der Waals surface area contributed by atoms with Crippen LogP contribution in [0.2, 0.25) is 0 Å². The quantitative estimate of drug-likeness (QED) is 0.884. The van der Waals surface area contributed by atoms with Gasteiger partial charge in [0.1, 0.15) is 6.04 Å². The molecule has 1 saturated heterocycles. The van der Waals surface area contributed by atoms with E-state index < -0.39 is 0 Å². The van der Waals surface area contributed by atoms with Gasteiger partial charge >= 0.3 is 0 Å². The third-order valence-electron chi connectivity index (χ3n) is 3.94. The molecule has 1 aromatic heterocycles. The Morgan fingerprint density at radius 3 is 3.15 bits per heavy atom. The van der Waals surface area contributed by atoms with Crippen molar-refractivity contribution in [2.75, 3.05) is 13.2 Å². The Balaban J connectivity index is 1.89. The fourth-order valence-electron chi connectivity index (χ4n) is 2.97. The SMILES string of the molecule is C[C@H]1OCCN(Cc2cccc3cc[nH]c23)[C@@H]1C(N)=O. The number of morpholine rings is 1. The van der Waals surface area contributed by atoms with Crippen molar-refractivity contribution in [2.45, 2.75) is 25.6 Å². The highest BCUT2D eigenvalue weighted by Crippen LogP contribution is 2.22. The van der Waals surface area contributed by atoms with Crippen LogP contribution in [-0.2, 0) is 16.1 Å². The molecule has 1 amide bonds. The van der Waals surface area contributed by atoms with Crippen LogP contribution in [0.5, 0.6) is 0 Å². The minimum absolute atomic E-state index is 0.163. The van der Waals surface area contributed by atoms with Crippen molar-refractivity contribution in [1.82, 2.24) is 9.88 Å². The molecule has 2 atom stereocenters. The Morgan fingerprint density at radius 2 is 2.35 bits per heavy atom. The van der Waals surface area contributed by atoms with Crippen LogP contribution in [0.15, 0.2) is 30.5 Å². The highest BCUT2D eigenvalue weighted by atomic mass is 16.5. The number of amides is 1. The molecule has 0 spiro atoms. The zero-order valence-electron chi connectivity index (χ0n) is 11.5. The zero-order chi connectivity index (χ0) is 14.1. The maximum absolute atomic E-state index is 11.7. The van der Waals surface area contributed by atoms with Crippen molar-refractivity contribution < 1.29 is 9.53 Å². The number of rotatable bonds is 3. The molecule has 2 heterocycles. The molecule has 1 aliphatic heterocycles. The molecule has 0 unspecified atom stereocenters. The lowest BCUT2D eigenvalue weighted by molar-refractivity contribution is -0.136. The number of ether oxygens (including phenoxy) is 1. The average Bonchev–Trinajstić information content (AvgIpc) is 2.87. The molecule has 0 saturated carbocycles. The van der Waals surface area contributed by atoms with Crippen LogP contribution in [0.4, 0.5) is 0 Å². The number of aromatic nitrogens is 1. The maximum atomic E-state index is 11.7. The Hall–Kier alpha value is -1.85. The number of hydrogen-bond donors (Lipinski definition) is 2. The maximum Gasteiger partial charge on any atom is 0.237 e. The summed E-state index contributed by atoms with van der Waals surface area (Å²) in [6, 6.07) is 7.87. The summed E-state index contributed by atoms with van der Waals surface area (Å²) in [6.45, 7) is 3.94. The van der Waals surface area contributed by atoms with Gasteiger partial charge in [-0.05, 0) is 23.9 Å². The Labute approximate surface area is 117 Å². The van der Waals surface area contributed by atoms with E-state index in [-0.39, 0.29) is 18.1 Å². The van der Waals surface area contributed by atoms with Crippen LogP contribution in [0.25, 0.3) is 10.9 Å². The summed E-state index contributed by atoms with van der Waals surface area (Å²) in [5, 5.41) is 1.18. The second-order valence-electron chi connectivity index (χ2n) is 5.25. The lowest BCUT2D eigenvalue weighted by Gasteiger charge is -2.37. The van der Waals surface area contributed by atoms with Gasteiger partial charge in [-0.2, -0.15) is 0 Å². The fraction of sp³-hybridized carbons (Fsp3) is 0.400. The number of benzene rings is 1. The zero-order valence-corrected chi connectivity index (χ0v) is 11.5. The van der Waals surface area contributed by atoms with Crippen LogP contribution in [0, 0.1) is 0 Å². The molecule has 5 heteroatoms. The number of hydrogen-bond acceptors (Lipinski definition) is 3. The number of nitrogens with zero attached hydrogens (tertiary/aromatic N) is 1. The minimum atomic E-state index is -0.367. The predicted molar refractivity (Wildman–Crippen MR) is 77.1 cm³/mol. The highest BCUT2D eigenvalue weighted by molar-refractivity contribution is 5.83. The highest BCUT2D eigenvalue weighted by Gasteiger charge is 2.33. The number of H-pyrrole nitrogens is 1. The average molecular weight is 273 g/mol. The largest absolute Gasteiger partial charge is 0.375 e. The smallest absolute Gasteiger partial charge is 0.237 e. The summed E-state index contributed by atoms with van der Waals surface area (Å²) >= 11 is 0. The standard InChI is InChI=1S/C15H19N3O2/c1-10-14(15(16)19)18(7-8-20-10)9-12-4-2-3-11-5-6-17-13(11)12/h2-6,10,14,17H,7-9H2,1H3,(H2,16,19)/t10-,14+/m1/s1. The number of carbonyl (C=O) groups is 1. The first kappa shape index (κ1) is 13.1. The first-order valence-corrected chi connectivity index (χ1v) is 6.87. The first-order valence-electron chi connectivity index (χ1n) is 6.87. The predicted octanol–water partition coefficient (Wildman–Crippen LogP) is 1.24. The summed E-state index contributed by atoms with van der Waals surface area (Å²) in [7, 11) is 0. The third-order valence-corrected chi connectivity index (χ3v) is 3.94. The number of carbonyl (C=O) groups excluding carboxylic acids is 1. The van der Waals surface area contributed by atoms with Gasteiger partial charge in [0.05, 0.1) is 12.7 Å². The number of aromatic amines is 1. The molecule has 3 N–H and O–H groups in total. The van der Waals surface area contributed by atoms with Gasteiger partial charge in [-0.3, -0.25) is 9.69 Å². The van der Waals surface area contributed by atoms with Crippen LogP contribution >= 0.6 is 0 Å². The van der Waals surface area contributed by atoms with Gasteiger partial charge in [-0.25, -0.2) is 0 Å². The van der Waals surface area contributed by atoms with Gasteiger partial charge in [-0.15, -0.1) is 0 Å². The lowest BCUT2D eigenvalue weighted by Crippen LogP contribution is -2.56. The molecular formula is C15H19N3O2. The second-order valence-corrected chi connectivity index (χ2v) is 5.25. The van der Waals surface area contributed by atoms with Crippen LogP contribution in [0.1, 0.15) is 12.5 Å². The van der Waals surface area contributed by atoms with Crippen molar-refractivity contribution in [1.29, 1.82) is 0 Å². The molecule has 3 rings (SSSR count). The monoisotopic (exact) mass is 273 g/mol. The van der Waals surface area contributed by atoms with Gasteiger partial charge in [0.2, 0.25) is 5.91 Å². The topological polar surface area (TPSA) is 71.3 Å². The van der Waals surface area contributed by atoms with E-state index in [2.05, 4.69) is 22.0 Å². The molecule has 20 heavy (non-hydrogen) atoms. The Bertz CT molecular complexity index is 622. The van der Waals surface area contributed by atoms with Gasteiger partial charge < -0.3 is 15.5 Å². The summed E-state index contributed by atoms with van der Waals surface area (Å²) in [6.07, 6.45) is 1.77. The van der Waals surface area contributed by atoms with Crippen molar-refractivity contribution in [3.8, 4) is 0 Å². The normalized spacial score (nSPS) is 24.1. The molecule has 5 nitrogen and oxygen atoms in total. The third kappa shape index (κ3) is 2.30. The molecule has 1 fully saturated rings. The summed E-state index contributed by atoms with van der Waals surface area (Å²) in [5.41, 5.74) is 7.82. The van der Waals surface area contributed by atoms with Crippen LogP contribution < -0.4 is 5.73 Å². The molecule has 1 aliphatic rings. The van der Waals surface area contributed by atoms with E-state index in [1.807, 2.05) is 25.3 Å². The number of para-hydroxylation sites is 1. The number of nitrogens with two attached hydrogens (primary N) is 1. The molecule has 0 radical (unpaired) electrons. The van der Waals surface area contributed by atoms with Crippen molar-refractivity contribution in [3.63, 3.8) is 0 Å². The van der Waals surface area contributed by atoms with Gasteiger partial charge in [-0.1, -0.05) is 18.2 Å². The summed E-state index contributed by atoms with van der Waals surface area (Å²) < 4.78 is 5.54. The molecule has 106 valence electrons. The second kappa shape index (κ2) is 5.26. The fourth-order valence-corrected chi connectivity index (χ4v) is 2.97. The van der Waals surface area contributed by atoms with Crippen molar-refractivity contribution in [2.24, 2.45) is 5.73 Å². The van der Waals surface area contributed by atoms with Crippen LogP contribution in [-0.4, -0.2) is 41.1 Å². The molecular weight excluding hydrogens is 254 g/mol. The number of fused-ring (bicyclic) bond motifs is 1. The van der Waals surface area contributed by atoms with Crippen LogP contribution in [0.3, 0.4) is 0 Å². The number of primary amides is 1. The number of nitrogens with one attached hydrogen (secondary N) is 1. The van der Waals surface area contributed by atoms with E-state index in [9.17, 15) is 4.79 Å². The van der Waals surface area contributed by atoms with Gasteiger partial charge in [0.15, 0.2) is 0 Å². The van der Waals surface area contributed by atoms with Crippen molar-refractivity contribution >= 4 is 16.8 Å². The van der Waals surface area contributed by atoms with Crippen molar-refractivity contribution in [3.05, 3.63) is 36.0 Å². The Kier molecular flexibility index (Phi) is 3.46. The summed E-state index contributed by atoms with van der Waals surface area (Å²) in [5.74, 6) is -0.323. The summed E-state index contributed by atoms with van der Waals surface area (Å²) in [4.78, 5) is 17.0. The molecule has 0 bridgehead atoms. The lowest BCUT2D eigenvalue weighted by atomic mass is 10.1.